The topological polar surface area (TPSA) is 89.8 Å². The van der Waals surface area contributed by atoms with E-state index in [1.165, 1.54) is 4.68 Å². The van der Waals surface area contributed by atoms with Crippen LogP contribution in [0.3, 0.4) is 0 Å². The monoisotopic (exact) mass is 371 g/mol. The number of rotatable bonds is 5. The van der Waals surface area contributed by atoms with Gasteiger partial charge in [0.15, 0.2) is 0 Å². The molecule has 0 saturated heterocycles. The van der Waals surface area contributed by atoms with Crippen molar-refractivity contribution in [2.75, 3.05) is 5.32 Å². The normalized spacial score (nSPS) is 10.7. The maximum absolute atomic E-state index is 12.8. The Kier molecular flexibility index (Phi) is 4.88. The van der Waals surface area contributed by atoms with Crippen molar-refractivity contribution in [2.45, 2.75) is 13.0 Å². The lowest BCUT2D eigenvalue weighted by molar-refractivity contribution is -0.117. The molecule has 7 nitrogen and oxygen atoms in total. The number of amides is 1. The quantitative estimate of drug-likeness (QED) is 0.582. The summed E-state index contributed by atoms with van der Waals surface area (Å²) in [5.74, 6) is 0.0665. The summed E-state index contributed by atoms with van der Waals surface area (Å²) in [7, 11) is 0. The number of benzene rings is 1. The number of nitrogens with one attached hydrogen (secondary N) is 1. The van der Waals surface area contributed by atoms with E-state index in [9.17, 15) is 9.59 Å². The van der Waals surface area contributed by atoms with Gasteiger partial charge in [-0.25, -0.2) is 9.67 Å². The fourth-order valence-corrected chi connectivity index (χ4v) is 2.99. The molecule has 138 valence electrons. The minimum atomic E-state index is -0.363. The van der Waals surface area contributed by atoms with E-state index >= 15 is 0 Å². The molecule has 0 radical (unpaired) electrons. The highest BCUT2D eigenvalue weighted by atomic mass is 16.2. The fraction of sp³-hybridized carbons (Fsp3) is 0.0952. The van der Waals surface area contributed by atoms with Crippen molar-refractivity contribution in [3.63, 3.8) is 0 Å². The van der Waals surface area contributed by atoms with Crippen LogP contribution in [0.2, 0.25) is 0 Å². The molecule has 3 heterocycles. The van der Waals surface area contributed by atoms with E-state index in [0.717, 1.165) is 16.6 Å². The predicted molar refractivity (Wildman–Crippen MR) is 106 cm³/mol. The Bertz CT molecular complexity index is 1170. The molecule has 7 heteroatoms. The van der Waals surface area contributed by atoms with E-state index in [-0.39, 0.29) is 18.0 Å². The van der Waals surface area contributed by atoms with Crippen molar-refractivity contribution in [2.24, 2.45) is 0 Å². The van der Waals surface area contributed by atoms with Gasteiger partial charge in [-0.15, -0.1) is 0 Å². The van der Waals surface area contributed by atoms with E-state index in [1.807, 2.05) is 24.3 Å². The summed E-state index contributed by atoms with van der Waals surface area (Å²) in [5.41, 5.74) is 1.45. The van der Waals surface area contributed by atoms with Crippen LogP contribution in [-0.4, -0.2) is 25.7 Å². The minimum absolute atomic E-state index is 0.191. The van der Waals surface area contributed by atoms with Gasteiger partial charge in [-0.05, 0) is 35.9 Å². The third-order valence-electron chi connectivity index (χ3n) is 4.29. The van der Waals surface area contributed by atoms with Crippen LogP contribution in [0.4, 0.5) is 5.82 Å². The highest BCUT2D eigenvalue weighted by Crippen LogP contribution is 2.16. The maximum Gasteiger partial charge on any atom is 0.275 e. The first-order chi connectivity index (χ1) is 13.7. The third-order valence-corrected chi connectivity index (χ3v) is 4.29. The Morgan fingerprint density at radius 3 is 2.43 bits per heavy atom. The van der Waals surface area contributed by atoms with Crippen LogP contribution in [-0.2, 0) is 17.8 Å². The summed E-state index contributed by atoms with van der Waals surface area (Å²) < 4.78 is 1.21. The van der Waals surface area contributed by atoms with Gasteiger partial charge in [-0.1, -0.05) is 24.3 Å². The molecule has 4 aromatic rings. The molecule has 0 bridgehead atoms. The van der Waals surface area contributed by atoms with Crippen molar-refractivity contribution in [3.8, 4) is 0 Å². The Morgan fingerprint density at radius 2 is 1.68 bits per heavy atom. The third kappa shape index (κ3) is 3.78. The molecule has 0 unspecified atom stereocenters. The summed E-state index contributed by atoms with van der Waals surface area (Å²) in [6.45, 7) is -0.191. The van der Waals surface area contributed by atoms with Crippen LogP contribution in [0.15, 0.2) is 78.0 Å². The Hall–Kier alpha value is -3.87. The van der Waals surface area contributed by atoms with Crippen LogP contribution in [0.1, 0.15) is 11.3 Å². The number of fused-ring (bicyclic) bond motifs is 1. The molecule has 0 atom stereocenters. The van der Waals surface area contributed by atoms with Gasteiger partial charge in [0.05, 0.1) is 11.1 Å². The highest BCUT2D eigenvalue weighted by molar-refractivity contribution is 5.90. The van der Waals surface area contributed by atoms with Crippen LogP contribution in [0.25, 0.3) is 10.8 Å². The second-order valence-corrected chi connectivity index (χ2v) is 6.25. The lowest BCUT2D eigenvalue weighted by atomic mass is 10.1. The molecule has 3 aromatic heterocycles. The molecule has 0 aliphatic heterocycles. The van der Waals surface area contributed by atoms with Gasteiger partial charge in [0, 0.05) is 30.4 Å². The summed E-state index contributed by atoms with van der Waals surface area (Å²) in [6, 6.07) is 16.3. The zero-order chi connectivity index (χ0) is 19.3. The van der Waals surface area contributed by atoms with Crippen molar-refractivity contribution in [3.05, 3.63) is 94.8 Å². The zero-order valence-corrected chi connectivity index (χ0v) is 14.9. The van der Waals surface area contributed by atoms with Gasteiger partial charge in [0.2, 0.25) is 5.91 Å². The lowest BCUT2D eigenvalue weighted by Crippen LogP contribution is -2.31. The van der Waals surface area contributed by atoms with Gasteiger partial charge in [-0.3, -0.25) is 14.6 Å². The first kappa shape index (κ1) is 17.5. The van der Waals surface area contributed by atoms with E-state index in [0.29, 0.717) is 17.6 Å². The number of hydrogen-bond acceptors (Lipinski definition) is 5. The smallest absolute Gasteiger partial charge is 0.275 e. The van der Waals surface area contributed by atoms with Gasteiger partial charge in [0.1, 0.15) is 12.4 Å². The molecule has 28 heavy (non-hydrogen) atoms. The Morgan fingerprint density at radius 1 is 0.929 bits per heavy atom. The highest BCUT2D eigenvalue weighted by Gasteiger charge is 2.13. The average molecular weight is 371 g/mol. The van der Waals surface area contributed by atoms with Crippen LogP contribution >= 0.6 is 0 Å². The van der Waals surface area contributed by atoms with Gasteiger partial charge in [0.25, 0.3) is 5.56 Å². The van der Waals surface area contributed by atoms with E-state index in [1.54, 1.807) is 48.9 Å². The first-order valence-corrected chi connectivity index (χ1v) is 8.79. The summed E-state index contributed by atoms with van der Waals surface area (Å²) in [4.78, 5) is 33.3. The number of hydrogen-bond donors (Lipinski definition) is 1. The molecular weight excluding hydrogens is 354 g/mol. The zero-order valence-electron chi connectivity index (χ0n) is 14.9. The van der Waals surface area contributed by atoms with Crippen molar-refractivity contribution in [1.29, 1.82) is 0 Å². The molecule has 1 aromatic carbocycles. The molecule has 0 fully saturated rings. The van der Waals surface area contributed by atoms with Gasteiger partial charge < -0.3 is 5.32 Å². The number of nitrogens with zero attached hydrogens (tertiary/aromatic N) is 4. The fourth-order valence-electron chi connectivity index (χ4n) is 2.99. The van der Waals surface area contributed by atoms with E-state index < -0.39 is 0 Å². The van der Waals surface area contributed by atoms with E-state index in [2.05, 4.69) is 20.4 Å². The van der Waals surface area contributed by atoms with Crippen LogP contribution in [0, 0.1) is 0 Å². The molecule has 1 amide bonds. The number of carbonyl (C=O) groups is 1. The largest absolute Gasteiger partial charge is 0.309 e. The predicted octanol–water partition coefficient (Wildman–Crippen LogP) is 2.42. The van der Waals surface area contributed by atoms with Crippen LogP contribution < -0.4 is 10.9 Å². The first-order valence-electron chi connectivity index (χ1n) is 8.79. The molecule has 0 spiro atoms. The summed E-state index contributed by atoms with van der Waals surface area (Å²) in [5, 5.41) is 8.47. The lowest BCUT2D eigenvalue weighted by Gasteiger charge is -2.11. The van der Waals surface area contributed by atoms with Crippen molar-refractivity contribution >= 4 is 22.5 Å². The van der Waals surface area contributed by atoms with Gasteiger partial charge in [-0.2, -0.15) is 5.10 Å². The molecule has 4 rings (SSSR count). The second kappa shape index (κ2) is 7.79. The number of pyridine rings is 2. The molecule has 0 aliphatic carbocycles. The number of aromatic nitrogens is 4. The van der Waals surface area contributed by atoms with E-state index in [4.69, 9.17) is 0 Å². The molecule has 0 saturated carbocycles. The Balaban J connectivity index is 1.69. The Labute approximate surface area is 160 Å². The SMILES string of the molecule is O=C(Cn1nc(Cc2ccncc2)c2ccccc2c1=O)Nc1ccccn1. The number of carbonyl (C=O) groups excluding carboxylic acids is 1. The molecule has 0 aliphatic rings. The molecular formula is C21H17N5O2. The van der Waals surface area contributed by atoms with Crippen LogP contribution in [0.5, 0.6) is 0 Å². The number of anilines is 1. The average Bonchev–Trinajstić information content (AvgIpc) is 2.73. The minimum Gasteiger partial charge on any atom is -0.309 e. The van der Waals surface area contributed by atoms with Gasteiger partial charge >= 0.3 is 0 Å². The van der Waals surface area contributed by atoms with Crippen molar-refractivity contribution in [1.82, 2.24) is 19.7 Å². The standard InChI is InChI=1S/C21H17N5O2/c27-20(24-19-7-3-4-10-23-19)14-26-21(28)17-6-2-1-5-16(17)18(25-26)13-15-8-11-22-12-9-15/h1-12H,13-14H2,(H,23,24,27). The summed E-state index contributed by atoms with van der Waals surface area (Å²) in [6.07, 6.45) is 5.55. The van der Waals surface area contributed by atoms with Crippen molar-refractivity contribution < 1.29 is 4.79 Å². The maximum atomic E-state index is 12.8. The molecule has 1 N–H and O–H groups in total. The second-order valence-electron chi connectivity index (χ2n) is 6.25. The summed E-state index contributed by atoms with van der Waals surface area (Å²) >= 11 is 0.